The number of aromatic amines is 1. The summed E-state index contributed by atoms with van der Waals surface area (Å²) in [7, 11) is 0. The van der Waals surface area contributed by atoms with E-state index < -0.39 is 5.82 Å². The minimum Gasteiger partial charge on any atom is -0.398 e. The number of rotatable bonds is 3. The molecular weight excluding hydrogens is 235 g/mol. The zero-order valence-electron chi connectivity index (χ0n) is 9.77. The number of H-pyrrole nitrogens is 1. The van der Waals surface area contributed by atoms with Crippen LogP contribution in [0.2, 0.25) is 0 Å². The van der Waals surface area contributed by atoms with Gasteiger partial charge in [0, 0.05) is 17.4 Å². The van der Waals surface area contributed by atoms with Gasteiger partial charge in [0.2, 0.25) is 0 Å². The molecule has 6 heteroatoms. The molecule has 0 radical (unpaired) electrons. The van der Waals surface area contributed by atoms with Gasteiger partial charge in [-0.05, 0) is 25.1 Å². The smallest absolute Gasteiger partial charge is 0.253 e. The Labute approximate surface area is 103 Å². The number of aromatic nitrogens is 2. The van der Waals surface area contributed by atoms with E-state index in [1.54, 1.807) is 12.4 Å². The van der Waals surface area contributed by atoms with E-state index in [1.165, 1.54) is 12.1 Å². The second kappa shape index (κ2) is 4.87. The highest BCUT2D eigenvalue weighted by molar-refractivity contribution is 5.99. The summed E-state index contributed by atoms with van der Waals surface area (Å²) in [5, 5.41) is 9.23. The van der Waals surface area contributed by atoms with Crippen LogP contribution in [0.4, 0.5) is 10.1 Å². The lowest BCUT2D eigenvalue weighted by atomic mass is 10.1. The number of nitrogens with two attached hydrogens (primary N) is 1. The van der Waals surface area contributed by atoms with Crippen LogP contribution in [0.25, 0.3) is 0 Å². The lowest BCUT2D eigenvalue weighted by Crippen LogP contribution is -2.27. The lowest BCUT2D eigenvalue weighted by molar-refractivity contribution is 0.0941. The first-order chi connectivity index (χ1) is 8.58. The number of hydrogen-bond acceptors (Lipinski definition) is 3. The van der Waals surface area contributed by atoms with Crippen molar-refractivity contribution in [1.29, 1.82) is 0 Å². The first-order valence-corrected chi connectivity index (χ1v) is 5.42. The Morgan fingerprint density at radius 2 is 2.33 bits per heavy atom. The summed E-state index contributed by atoms with van der Waals surface area (Å²) in [6, 6.07) is 3.48. The topological polar surface area (TPSA) is 83.8 Å². The van der Waals surface area contributed by atoms with Gasteiger partial charge in [-0.1, -0.05) is 0 Å². The molecule has 0 bridgehead atoms. The molecule has 5 nitrogen and oxygen atoms in total. The Morgan fingerprint density at radius 3 is 2.94 bits per heavy atom. The van der Waals surface area contributed by atoms with Crippen molar-refractivity contribution in [3.63, 3.8) is 0 Å². The van der Waals surface area contributed by atoms with E-state index in [4.69, 9.17) is 5.73 Å². The van der Waals surface area contributed by atoms with Crippen LogP contribution >= 0.6 is 0 Å². The molecule has 1 heterocycles. The fourth-order valence-corrected chi connectivity index (χ4v) is 1.60. The van der Waals surface area contributed by atoms with Crippen molar-refractivity contribution in [2.45, 2.75) is 13.0 Å². The molecule has 0 aliphatic carbocycles. The number of hydrogen-bond donors (Lipinski definition) is 3. The molecule has 4 N–H and O–H groups in total. The molecule has 1 aromatic heterocycles. The highest BCUT2D eigenvalue weighted by Gasteiger charge is 2.14. The highest BCUT2D eigenvalue weighted by atomic mass is 19.1. The van der Waals surface area contributed by atoms with Crippen LogP contribution in [0.15, 0.2) is 30.6 Å². The van der Waals surface area contributed by atoms with Gasteiger partial charge in [-0.15, -0.1) is 0 Å². The summed E-state index contributed by atoms with van der Waals surface area (Å²) >= 11 is 0. The molecule has 1 aromatic carbocycles. The van der Waals surface area contributed by atoms with E-state index in [1.807, 2.05) is 6.92 Å². The number of nitrogens with one attached hydrogen (secondary N) is 2. The van der Waals surface area contributed by atoms with Crippen LogP contribution in [0.1, 0.15) is 28.9 Å². The Bertz CT molecular complexity index is 553. The summed E-state index contributed by atoms with van der Waals surface area (Å²) in [6.07, 6.45) is 3.32. The third kappa shape index (κ3) is 2.48. The third-order valence-electron chi connectivity index (χ3n) is 2.63. The summed E-state index contributed by atoms with van der Waals surface area (Å²) in [5.74, 6) is -0.812. The van der Waals surface area contributed by atoms with Gasteiger partial charge in [-0.3, -0.25) is 9.89 Å². The monoisotopic (exact) mass is 248 g/mol. The van der Waals surface area contributed by atoms with Gasteiger partial charge in [0.15, 0.2) is 0 Å². The van der Waals surface area contributed by atoms with Gasteiger partial charge in [-0.2, -0.15) is 5.10 Å². The van der Waals surface area contributed by atoms with Crippen LogP contribution < -0.4 is 11.1 Å². The Balaban J connectivity index is 2.12. The number of amides is 1. The van der Waals surface area contributed by atoms with Crippen LogP contribution in [0, 0.1) is 5.82 Å². The van der Waals surface area contributed by atoms with E-state index in [2.05, 4.69) is 15.5 Å². The fourth-order valence-electron chi connectivity index (χ4n) is 1.60. The van der Waals surface area contributed by atoms with E-state index in [9.17, 15) is 9.18 Å². The molecule has 1 unspecified atom stereocenters. The quantitative estimate of drug-likeness (QED) is 0.722. The molecule has 0 spiro atoms. The summed E-state index contributed by atoms with van der Waals surface area (Å²) < 4.78 is 12.9. The maximum atomic E-state index is 12.9. The van der Waals surface area contributed by atoms with Gasteiger partial charge >= 0.3 is 0 Å². The average Bonchev–Trinajstić information content (AvgIpc) is 2.81. The van der Waals surface area contributed by atoms with Crippen LogP contribution in [0.3, 0.4) is 0 Å². The molecular formula is C12H13FN4O. The molecule has 2 rings (SSSR count). The molecule has 0 saturated carbocycles. The predicted octanol–water partition coefficient (Wildman–Crippen LogP) is 1.62. The second-order valence-electron chi connectivity index (χ2n) is 3.96. The van der Waals surface area contributed by atoms with Crippen molar-refractivity contribution in [3.8, 4) is 0 Å². The van der Waals surface area contributed by atoms with Crippen LogP contribution in [0.5, 0.6) is 0 Å². The Hall–Kier alpha value is -2.37. The highest BCUT2D eigenvalue weighted by Crippen LogP contribution is 2.16. The first-order valence-electron chi connectivity index (χ1n) is 5.42. The normalized spacial score (nSPS) is 12.1. The fraction of sp³-hybridized carbons (Fsp3) is 0.167. The number of carbonyl (C=O) groups excluding carboxylic acids is 1. The van der Waals surface area contributed by atoms with Crippen molar-refractivity contribution < 1.29 is 9.18 Å². The predicted molar refractivity (Wildman–Crippen MR) is 65.3 cm³/mol. The maximum absolute atomic E-state index is 12.9. The minimum absolute atomic E-state index is 0.117. The van der Waals surface area contributed by atoms with Gasteiger partial charge in [0.1, 0.15) is 5.82 Å². The molecule has 2 aromatic rings. The lowest BCUT2D eigenvalue weighted by Gasteiger charge is -2.13. The molecule has 1 amide bonds. The van der Waals surface area contributed by atoms with E-state index >= 15 is 0 Å². The van der Waals surface area contributed by atoms with Crippen molar-refractivity contribution in [3.05, 3.63) is 47.5 Å². The van der Waals surface area contributed by atoms with Crippen molar-refractivity contribution in [1.82, 2.24) is 15.5 Å². The number of halogens is 1. The van der Waals surface area contributed by atoms with Crippen molar-refractivity contribution in [2.24, 2.45) is 0 Å². The number of carbonyl (C=O) groups is 1. The summed E-state index contributed by atoms with van der Waals surface area (Å²) in [4.78, 5) is 11.9. The molecule has 0 fully saturated rings. The molecule has 0 aliphatic rings. The number of nitrogen functional groups attached to an aromatic ring is 1. The number of nitrogens with zero attached hydrogens (tertiary/aromatic N) is 1. The molecule has 0 saturated heterocycles. The van der Waals surface area contributed by atoms with Crippen LogP contribution in [-0.2, 0) is 0 Å². The first kappa shape index (κ1) is 12.1. The third-order valence-corrected chi connectivity index (χ3v) is 2.63. The van der Waals surface area contributed by atoms with Gasteiger partial charge in [0.25, 0.3) is 5.91 Å². The SMILES string of the molecule is CC(NC(=O)c1ccc(F)cc1N)c1cn[nH]c1. The zero-order valence-corrected chi connectivity index (χ0v) is 9.77. The average molecular weight is 248 g/mol. The Morgan fingerprint density at radius 1 is 1.56 bits per heavy atom. The maximum Gasteiger partial charge on any atom is 0.253 e. The van der Waals surface area contributed by atoms with Gasteiger partial charge in [-0.25, -0.2) is 4.39 Å². The zero-order chi connectivity index (χ0) is 13.1. The van der Waals surface area contributed by atoms with Crippen LogP contribution in [-0.4, -0.2) is 16.1 Å². The molecule has 0 aliphatic heterocycles. The minimum atomic E-state index is -0.466. The molecule has 94 valence electrons. The second-order valence-corrected chi connectivity index (χ2v) is 3.96. The largest absolute Gasteiger partial charge is 0.398 e. The number of benzene rings is 1. The van der Waals surface area contributed by atoms with E-state index in [-0.39, 0.29) is 23.2 Å². The van der Waals surface area contributed by atoms with E-state index in [0.29, 0.717) is 0 Å². The number of anilines is 1. The standard InChI is InChI=1S/C12H13FN4O/c1-7(8-5-15-16-6-8)17-12(18)10-3-2-9(13)4-11(10)14/h2-7H,14H2,1H3,(H,15,16)(H,17,18). The summed E-state index contributed by atoms with van der Waals surface area (Å²) in [5.41, 5.74) is 6.82. The molecule has 1 atom stereocenters. The van der Waals surface area contributed by atoms with E-state index in [0.717, 1.165) is 11.6 Å². The Kier molecular flexibility index (Phi) is 3.27. The summed E-state index contributed by atoms with van der Waals surface area (Å²) in [6.45, 7) is 1.82. The van der Waals surface area contributed by atoms with Gasteiger partial charge < -0.3 is 11.1 Å². The van der Waals surface area contributed by atoms with Crippen molar-refractivity contribution >= 4 is 11.6 Å². The van der Waals surface area contributed by atoms with Gasteiger partial charge in [0.05, 0.1) is 17.8 Å². The van der Waals surface area contributed by atoms with Crippen molar-refractivity contribution in [2.75, 3.05) is 5.73 Å². The molecule has 18 heavy (non-hydrogen) atoms.